The number of nitrogens with two attached hydrogens (primary N) is 4. The molecule has 0 aliphatic rings. The standard InChI is InChI=1S/C15H22N2O6.C13H19N3O6/c1-3-6-22-7-8-23-9-12(18)17-10-4-5-11(21-2)13(14(10)19)15(16)20;14-3-4-20-5-6-21-7-10(17)22-9-2-1-8(15)12(18)11(9)13(16)19/h4-5,19H,3,6-9H2,1-2H3,(H2,16,20)(H,17,18);1-2,18H,3-7,14-15H2,(H2,16,19). The van der Waals surface area contributed by atoms with E-state index in [1.54, 1.807) is 0 Å². The Labute approximate surface area is 259 Å². The highest BCUT2D eigenvalue weighted by atomic mass is 16.6. The van der Waals surface area contributed by atoms with Crippen molar-refractivity contribution < 1.29 is 57.8 Å². The number of hydrogen-bond acceptors (Lipinski definition) is 14. The van der Waals surface area contributed by atoms with Gasteiger partial charge in [-0.1, -0.05) is 6.92 Å². The first-order valence-corrected chi connectivity index (χ1v) is 13.6. The van der Waals surface area contributed by atoms with Crippen LogP contribution in [0.1, 0.15) is 34.1 Å². The van der Waals surface area contributed by atoms with Crippen LogP contribution in [0.3, 0.4) is 0 Å². The lowest BCUT2D eigenvalue weighted by atomic mass is 10.1. The van der Waals surface area contributed by atoms with E-state index in [0.29, 0.717) is 33.0 Å². The Hall–Kier alpha value is -4.68. The van der Waals surface area contributed by atoms with E-state index in [9.17, 15) is 29.4 Å². The van der Waals surface area contributed by atoms with Gasteiger partial charge in [-0.15, -0.1) is 0 Å². The van der Waals surface area contributed by atoms with Crippen LogP contribution in [0, 0.1) is 0 Å². The molecule has 17 nitrogen and oxygen atoms in total. The molecular weight excluding hydrogens is 598 g/mol. The van der Waals surface area contributed by atoms with Crippen LogP contribution in [0.5, 0.6) is 23.0 Å². The van der Waals surface area contributed by atoms with Crippen molar-refractivity contribution in [3.8, 4) is 23.0 Å². The Morgan fingerprint density at radius 3 is 1.89 bits per heavy atom. The van der Waals surface area contributed by atoms with E-state index < -0.39 is 35.2 Å². The molecule has 17 heteroatoms. The zero-order valence-electron chi connectivity index (χ0n) is 25.2. The van der Waals surface area contributed by atoms with Crippen molar-refractivity contribution in [2.24, 2.45) is 17.2 Å². The van der Waals surface area contributed by atoms with Crippen LogP contribution in [-0.2, 0) is 28.5 Å². The number of anilines is 2. The van der Waals surface area contributed by atoms with Crippen molar-refractivity contribution in [3.63, 3.8) is 0 Å². The number of primary amides is 2. The van der Waals surface area contributed by atoms with Crippen LogP contribution in [-0.4, -0.2) is 100 Å². The zero-order chi connectivity index (χ0) is 33.8. The van der Waals surface area contributed by atoms with Gasteiger partial charge in [-0.05, 0) is 30.7 Å². The molecule has 45 heavy (non-hydrogen) atoms. The van der Waals surface area contributed by atoms with Gasteiger partial charge < -0.3 is 66.9 Å². The molecule has 0 spiro atoms. The third kappa shape index (κ3) is 13.7. The Morgan fingerprint density at radius 1 is 0.756 bits per heavy atom. The maximum atomic E-state index is 11.8. The third-order valence-electron chi connectivity index (χ3n) is 5.33. The fourth-order valence-corrected chi connectivity index (χ4v) is 3.32. The first-order chi connectivity index (χ1) is 21.5. The number of nitrogens with one attached hydrogen (secondary N) is 1. The lowest BCUT2D eigenvalue weighted by Gasteiger charge is -2.13. The first-order valence-electron chi connectivity index (χ1n) is 13.6. The Bertz CT molecular complexity index is 1270. The summed E-state index contributed by atoms with van der Waals surface area (Å²) in [5, 5.41) is 22.2. The molecule has 0 saturated carbocycles. The number of methoxy groups -OCH3 is 1. The summed E-state index contributed by atoms with van der Waals surface area (Å²) >= 11 is 0. The molecule has 0 aliphatic carbocycles. The second kappa shape index (κ2) is 21.1. The number of hydrogen-bond donors (Lipinski definition) is 7. The molecule has 0 aromatic heterocycles. The summed E-state index contributed by atoms with van der Waals surface area (Å²) in [5.74, 6) is -4.11. The summed E-state index contributed by atoms with van der Waals surface area (Å²) in [6.45, 7) is 4.06. The maximum Gasteiger partial charge on any atom is 0.337 e. The number of phenols is 2. The van der Waals surface area contributed by atoms with Gasteiger partial charge in [0.15, 0.2) is 11.5 Å². The number of benzene rings is 2. The van der Waals surface area contributed by atoms with Crippen LogP contribution in [0.2, 0.25) is 0 Å². The van der Waals surface area contributed by atoms with Gasteiger partial charge in [0.25, 0.3) is 11.8 Å². The quantitative estimate of drug-likeness (QED) is 0.0346. The van der Waals surface area contributed by atoms with Gasteiger partial charge in [0.2, 0.25) is 5.91 Å². The van der Waals surface area contributed by atoms with E-state index in [1.165, 1.54) is 31.4 Å². The summed E-state index contributed by atoms with van der Waals surface area (Å²) < 4.78 is 30.3. The highest BCUT2D eigenvalue weighted by Crippen LogP contribution is 2.34. The highest BCUT2D eigenvalue weighted by molar-refractivity contribution is 6.03. The lowest BCUT2D eigenvalue weighted by molar-refractivity contribution is -0.140. The third-order valence-corrected chi connectivity index (χ3v) is 5.33. The molecule has 0 bridgehead atoms. The lowest BCUT2D eigenvalue weighted by Crippen LogP contribution is -2.21. The number of carbonyl (C=O) groups is 4. The maximum absolute atomic E-state index is 11.8. The monoisotopic (exact) mass is 639 g/mol. The van der Waals surface area contributed by atoms with Gasteiger partial charge in [0.1, 0.15) is 35.8 Å². The van der Waals surface area contributed by atoms with Crippen LogP contribution in [0.25, 0.3) is 0 Å². The Kier molecular flexibility index (Phi) is 18.0. The minimum atomic E-state index is -0.969. The van der Waals surface area contributed by atoms with E-state index in [1.807, 2.05) is 6.92 Å². The van der Waals surface area contributed by atoms with E-state index >= 15 is 0 Å². The molecule has 0 heterocycles. The highest BCUT2D eigenvalue weighted by Gasteiger charge is 2.20. The van der Waals surface area contributed by atoms with Crippen LogP contribution < -0.4 is 37.7 Å². The van der Waals surface area contributed by atoms with Crippen LogP contribution >= 0.6 is 0 Å². The summed E-state index contributed by atoms with van der Waals surface area (Å²) in [6.07, 6.45) is 0.916. The van der Waals surface area contributed by atoms with Crippen molar-refractivity contribution in [2.45, 2.75) is 13.3 Å². The number of ether oxygens (including phenoxy) is 6. The van der Waals surface area contributed by atoms with Crippen molar-refractivity contribution in [3.05, 3.63) is 35.4 Å². The number of amides is 3. The molecule has 0 atom stereocenters. The number of aromatic hydroxyl groups is 2. The minimum Gasteiger partial charge on any atom is -0.505 e. The van der Waals surface area contributed by atoms with Crippen LogP contribution in [0.4, 0.5) is 11.4 Å². The molecule has 3 amide bonds. The zero-order valence-corrected chi connectivity index (χ0v) is 25.2. The smallest absolute Gasteiger partial charge is 0.337 e. The molecule has 0 aliphatic heterocycles. The normalized spacial score (nSPS) is 10.4. The fourth-order valence-electron chi connectivity index (χ4n) is 3.32. The predicted molar refractivity (Wildman–Crippen MR) is 161 cm³/mol. The molecule has 2 rings (SSSR count). The van der Waals surface area contributed by atoms with Crippen LogP contribution in [0.15, 0.2) is 24.3 Å². The second-order valence-electron chi connectivity index (χ2n) is 8.78. The molecule has 2 aromatic rings. The van der Waals surface area contributed by atoms with Gasteiger partial charge in [0, 0.05) is 13.2 Å². The van der Waals surface area contributed by atoms with Crippen molar-refractivity contribution >= 4 is 35.1 Å². The SMILES string of the molecule is CCCOCCOCC(=O)Nc1ccc(OC)c(C(N)=O)c1O.NCCOCCOCC(=O)Oc1ccc(N)c(O)c1C(N)=O. The average Bonchev–Trinajstić information content (AvgIpc) is 2.99. The number of rotatable bonds is 19. The second-order valence-corrected chi connectivity index (χ2v) is 8.78. The van der Waals surface area contributed by atoms with Crippen molar-refractivity contribution in [1.29, 1.82) is 0 Å². The molecule has 11 N–H and O–H groups in total. The molecule has 0 saturated heterocycles. The number of nitrogen functional groups attached to an aromatic ring is 1. The average molecular weight is 640 g/mol. The molecule has 0 fully saturated rings. The van der Waals surface area contributed by atoms with Gasteiger partial charge >= 0.3 is 5.97 Å². The number of carbonyl (C=O) groups excluding carboxylic acids is 4. The summed E-state index contributed by atoms with van der Waals surface area (Å²) in [4.78, 5) is 46.0. The molecule has 0 unspecified atom stereocenters. The van der Waals surface area contributed by atoms with E-state index in [0.717, 1.165) is 6.42 Å². The largest absolute Gasteiger partial charge is 0.505 e. The predicted octanol–water partition coefficient (Wildman–Crippen LogP) is -0.148. The van der Waals surface area contributed by atoms with Gasteiger partial charge in [-0.3, -0.25) is 14.4 Å². The van der Waals surface area contributed by atoms with Gasteiger partial charge in [0.05, 0.1) is 51.5 Å². The van der Waals surface area contributed by atoms with Gasteiger partial charge in [-0.2, -0.15) is 0 Å². The van der Waals surface area contributed by atoms with Crippen molar-refractivity contribution in [1.82, 2.24) is 0 Å². The summed E-state index contributed by atoms with van der Waals surface area (Å²) in [7, 11) is 1.34. The topological polar surface area (TPSA) is 280 Å². The fraction of sp³-hybridized carbons (Fsp3) is 0.429. The van der Waals surface area contributed by atoms with Gasteiger partial charge in [-0.25, -0.2) is 4.79 Å². The number of esters is 1. The van der Waals surface area contributed by atoms with Crippen molar-refractivity contribution in [2.75, 3.05) is 77.6 Å². The van der Waals surface area contributed by atoms with E-state index in [2.05, 4.69) is 5.32 Å². The summed E-state index contributed by atoms with van der Waals surface area (Å²) in [5.41, 5.74) is 20.4. The molecular formula is C28H41N5O12. The molecule has 250 valence electrons. The van der Waals surface area contributed by atoms with E-state index in [4.69, 9.17) is 51.4 Å². The minimum absolute atomic E-state index is 0.0513. The van der Waals surface area contributed by atoms with E-state index in [-0.39, 0.29) is 60.4 Å². The molecule has 0 radical (unpaired) electrons. The first kappa shape index (κ1) is 38.3. The molecule has 2 aromatic carbocycles. The summed E-state index contributed by atoms with van der Waals surface area (Å²) in [6, 6.07) is 5.38. The Morgan fingerprint density at radius 2 is 1.31 bits per heavy atom. The Balaban J connectivity index is 0.000000450.